The molecule has 42 heavy (non-hydrogen) atoms. The van der Waals surface area contributed by atoms with Crippen molar-refractivity contribution in [3.8, 4) is 22.5 Å². The topological polar surface area (TPSA) is 138 Å². The Morgan fingerprint density at radius 2 is 1.79 bits per heavy atom. The molecule has 4 aromatic rings. The minimum absolute atomic E-state index is 0. The van der Waals surface area contributed by atoms with Gasteiger partial charge in [0, 0.05) is 62.4 Å². The molecule has 1 fully saturated rings. The Hall–Kier alpha value is -4.58. The lowest BCUT2D eigenvalue weighted by Gasteiger charge is -2.34. The van der Waals surface area contributed by atoms with Crippen molar-refractivity contribution >= 4 is 29.2 Å². The van der Waals surface area contributed by atoms with Crippen molar-refractivity contribution in [1.29, 1.82) is 0 Å². The highest BCUT2D eigenvalue weighted by Crippen LogP contribution is 2.32. The van der Waals surface area contributed by atoms with E-state index in [4.69, 9.17) is 14.5 Å². The molecule has 0 saturated carbocycles. The predicted octanol–water partition coefficient (Wildman–Crippen LogP) is 5.20. The number of nitrogens with one attached hydrogen (secondary N) is 2. The Morgan fingerprint density at radius 1 is 1.02 bits per heavy atom. The molecule has 0 unspecified atom stereocenters. The number of piperazine rings is 1. The Labute approximate surface area is 245 Å². The van der Waals surface area contributed by atoms with Gasteiger partial charge in [-0.1, -0.05) is 27.3 Å². The zero-order valence-corrected chi connectivity index (χ0v) is 23.5. The molecule has 12 heteroatoms. The minimum atomic E-state index is -0.587. The highest BCUT2D eigenvalue weighted by molar-refractivity contribution is 5.96. The third-order valence-corrected chi connectivity index (χ3v) is 6.60. The molecule has 0 spiro atoms. The van der Waals surface area contributed by atoms with E-state index in [0.717, 1.165) is 35.5 Å². The van der Waals surface area contributed by atoms with E-state index < -0.39 is 6.09 Å². The van der Waals surface area contributed by atoms with Gasteiger partial charge in [-0.2, -0.15) is 0 Å². The third-order valence-electron chi connectivity index (χ3n) is 6.60. The van der Waals surface area contributed by atoms with Gasteiger partial charge in [-0.05, 0) is 42.7 Å². The largest absolute Gasteiger partial charge is 0.450 e. The maximum atomic E-state index is 12.2. The fraction of sp³-hybridized carbons (Fsp3) is 0.400. The van der Waals surface area contributed by atoms with E-state index in [1.165, 1.54) is 0 Å². The zero-order valence-electron chi connectivity index (χ0n) is 23.5. The number of benzene rings is 1. The smallest absolute Gasteiger partial charge is 0.413 e. The molecule has 4 heterocycles. The highest BCUT2D eigenvalue weighted by atomic mass is 16.6. The van der Waals surface area contributed by atoms with Gasteiger partial charge in [0.05, 0.1) is 24.4 Å². The van der Waals surface area contributed by atoms with Crippen LogP contribution in [0.3, 0.4) is 0 Å². The number of carbonyl (C=O) groups excluding carboxylic acids is 2. The second-order valence-electron chi connectivity index (χ2n) is 10.2. The van der Waals surface area contributed by atoms with E-state index in [9.17, 15) is 9.59 Å². The van der Waals surface area contributed by atoms with Crippen molar-refractivity contribution in [2.75, 3.05) is 44.7 Å². The third kappa shape index (κ3) is 7.38. The van der Waals surface area contributed by atoms with E-state index in [-0.39, 0.29) is 26.1 Å². The van der Waals surface area contributed by atoms with Crippen molar-refractivity contribution in [3.05, 3.63) is 54.6 Å². The Bertz CT molecular complexity index is 1480. The first-order valence-corrected chi connectivity index (χ1v) is 13.7. The first-order chi connectivity index (χ1) is 19.9. The summed E-state index contributed by atoms with van der Waals surface area (Å²) in [5, 5.41) is 2.62. The number of fused-ring (bicyclic) bond motifs is 1. The van der Waals surface area contributed by atoms with Gasteiger partial charge in [0.2, 0.25) is 5.95 Å². The Balaban J connectivity index is 0.00000405. The van der Waals surface area contributed by atoms with Gasteiger partial charge in [0.1, 0.15) is 5.52 Å². The van der Waals surface area contributed by atoms with Gasteiger partial charge in [-0.15, -0.1) is 0 Å². The van der Waals surface area contributed by atoms with Gasteiger partial charge in [0.15, 0.2) is 5.82 Å². The van der Waals surface area contributed by atoms with Crippen LogP contribution in [0.15, 0.2) is 48.9 Å². The number of rotatable bonds is 8. The van der Waals surface area contributed by atoms with Crippen LogP contribution in [0.4, 0.5) is 15.5 Å². The summed E-state index contributed by atoms with van der Waals surface area (Å²) in [5.74, 6) is 1.11. The molecule has 3 aromatic heterocycles. The molecule has 2 amide bonds. The number of H-pyrrole nitrogens is 1. The average molecular weight is 575 g/mol. The van der Waals surface area contributed by atoms with Crippen LogP contribution in [-0.4, -0.2) is 86.3 Å². The molecule has 5 rings (SSSR count). The van der Waals surface area contributed by atoms with Gasteiger partial charge >= 0.3 is 12.2 Å². The predicted molar refractivity (Wildman–Crippen MR) is 161 cm³/mol. The summed E-state index contributed by atoms with van der Waals surface area (Å²) in [6.45, 7) is 9.98. The summed E-state index contributed by atoms with van der Waals surface area (Å²) in [5.41, 5.74) is 4.83. The monoisotopic (exact) mass is 574 g/mol. The van der Waals surface area contributed by atoms with Gasteiger partial charge in [-0.3, -0.25) is 15.2 Å². The maximum Gasteiger partial charge on any atom is 0.413 e. The van der Waals surface area contributed by atoms with Gasteiger partial charge in [0.25, 0.3) is 0 Å². The molecule has 12 nitrogen and oxygen atoms in total. The first-order valence-electron chi connectivity index (χ1n) is 13.7. The van der Waals surface area contributed by atoms with Crippen LogP contribution in [0.5, 0.6) is 0 Å². The summed E-state index contributed by atoms with van der Waals surface area (Å²) in [6, 6.07) is 9.74. The Kier molecular flexibility index (Phi) is 10.0. The molecule has 0 aliphatic carbocycles. The number of hydrogen-bond acceptors (Lipinski definition) is 9. The maximum absolute atomic E-state index is 12.2. The number of imidazole rings is 1. The summed E-state index contributed by atoms with van der Waals surface area (Å²) < 4.78 is 10.3. The molecule has 2 N–H and O–H groups in total. The lowest BCUT2D eigenvalue weighted by molar-refractivity contribution is 0.0673. The molecule has 222 valence electrons. The number of amides is 2. The normalized spacial score (nSPS) is 13.6. The van der Waals surface area contributed by atoms with E-state index >= 15 is 0 Å². The van der Waals surface area contributed by atoms with Crippen LogP contribution in [-0.2, 0) is 16.0 Å². The molecule has 1 saturated heterocycles. The van der Waals surface area contributed by atoms with Crippen LogP contribution in [0.25, 0.3) is 33.5 Å². The second kappa shape index (κ2) is 13.9. The lowest BCUT2D eigenvalue weighted by atomic mass is 10.0. The average Bonchev–Trinajstić information content (AvgIpc) is 3.39. The van der Waals surface area contributed by atoms with Crippen molar-refractivity contribution in [3.63, 3.8) is 0 Å². The summed E-state index contributed by atoms with van der Waals surface area (Å²) in [6.07, 6.45) is 4.38. The number of aromatic amines is 1. The number of pyridine rings is 1. The molecule has 1 aliphatic heterocycles. The molecule has 0 bridgehead atoms. The van der Waals surface area contributed by atoms with Crippen LogP contribution in [0.1, 0.15) is 33.9 Å². The van der Waals surface area contributed by atoms with E-state index in [2.05, 4.69) is 30.2 Å². The zero-order chi connectivity index (χ0) is 28.8. The van der Waals surface area contributed by atoms with Gasteiger partial charge in [-0.25, -0.2) is 24.5 Å². The van der Waals surface area contributed by atoms with Crippen molar-refractivity contribution in [2.45, 2.75) is 34.7 Å². The highest BCUT2D eigenvalue weighted by Gasteiger charge is 2.23. The van der Waals surface area contributed by atoms with Crippen LogP contribution < -0.4 is 5.32 Å². The molecular weight excluding hydrogens is 536 g/mol. The standard InChI is InChI=1S/C29H34N8O4.CH4/c1-4-40-28(38)35-27-33-24-15-21(14-23(25(24)34-27)26-30-8-5-9-31-26)20-6-7-22(32-16-20)17-36-10-12-37(13-11-36)29(39)41-18-19(2)3;/h5-9,14-16,19H,4,10-13,17-18H2,1-3H3,(H2,33,34,35,38);1H4. The summed E-state index contributed by atoms with van der Waals surface area (Å²) >= 11 is 0. The number of aromatic nitrogens is 5. The number of hydrogen-bond donors (Lipinski definition) is 2. The fourth-order valence-corrected chi connectivity index (χ4v) is 4.55. The SMILES string of the molecule is C.CCOC(=O)Nc1nc2c(-c3ncccn3)cc(-c3ccc(CN4CCN(C(=O)OCC(C)C)CC4)nc3)cc2[nH]1. The summed E-state index contributed by atoms with van der Waals surface area (Å²) in [7, 11) is 0. The van der Waals surface area contributed by atoms with Crippen LogP contribution >= 0.6 is 0 Å². The van der Waals surface area contributed by atoms with Crippen molar-refractivity contribution in [2.24, 2.45) is 5.92 Å². The summed E-state index contributed by atoms with van der Waals surface area (Å²) in [4.78, 5) is 49.5. The second-order valence-corrected chi connectivity index (χ2v) is 10.2. The van der Waals surface area contributed by atoms with E-state index in [1.807, 2.05) is 44.3 Å². The Morgan fingerprint density at radius 3 is 2.45 bits per heavy atom. The van der Waals surface area contributed by atoms with Crippen molar-refractivity contribution < 1.29 is 19.1 Å². The number of anilines is 1. The quantitative estimate of drug-likeness (QED) is 0.291. The van der Waals surface area contributed by atoms with E-state index in [1.54, 1.807) is 30.3 Å². The number of carbonyl (C=O) groups is 2. The number of nitrogens with zero attached hydrogens (tertiary/aromatic N) is 6. The molecule has 1 aromatic carbocycles. The molecule has 0 radical (unpaired) electrons. The lowest BCUT2D eigenvalue weighted by Crippen LogP contribution is -2.48. The molecule has 0 atom stereocenters. The van der Waals surface area contributed by atoms with Crippen molar-refractivity contribution in [1.82, 2.24) is 34.7 Å². The number of ether oxygens (including phenoxy) is 2. The fourth-order valence-electron chi connectivity index (χ4n) is 4.55. The minimum Gasteiger partial charge on any atom is -0.450 e. The van der Waals surface area contributed by atoms with Crippen LogP contribution in [0, 0.1) is 5.92 Å². The molecular formula is C30H38N8O4. The van der Waals surface area contributed by atoms with E-state index in [0.29, 0.717) is 49.0 Å². The molecule has 1 aliphatic rings. The van der Waals surface area contributed by atoms with Gasteiger partial charge < -0.3 is 19.4 Å². The van der Waals surface area contributed by atoms with Crippen LogP contribution in [0.2, 0.25) is 0 Å². The first kappa shape index (κ1) is 30.4.